The monoisotopic (exact) mass is 604 g/mol. The number of nitrogens with zero attached hydrogens (tertiary/aromatic N) is 4. The number of hydrogen-bond acceptors (Lipinski definition) is 8. The van der Waals surface area contributed by atoms with E-state index in [-0.39, 0.29) is 11.9 Å². The molecule has 0 unspecified atom stereocenters. The third kappa shape index (κ3) is 7.25. The number of carbonyl (C=O) groups excluding carboxylic acids is 2. The van der Waals surface area contributed by atoms with Crippen molar-refractivity contribution in [2.24, 2.45) is 0 Å². The first-order chi connectivity index (χ1) is 20.1. The topological polar surface area (TPSA) is 75.6 Å². The van der Waals surface area contributed by atoms with Crippen LogP contribution in [0.4, 0.5) is 4.79 Å². The van der Waals surface area contributed by atoms with E-state index in [9.17, 15) is 9.59 Å². The van der Waals surface area contributed by atoms with Crippen molar-refractivity contribution >= 4 is 44.8 Å². The number of thiazole rings is 1. The molecule has 7 nitrogen and oxygen atoms in total. The van der Waals surface area contributed by atoms with E-state index < -0.39 is 5.60 Å². The lowest BCUT2D eigenvalue weighted by Gasteiger charge is -2.30. The molecule has 1 aromatic carbocycles. The molecule has 3 aromatic heterocycles. The predicted molar refractivity (Wildman–Crippen MR) is 171 cm³/mol. The molecule has 0 saturated carbocycles. The van der Waals surface area contributed by atoms with Crippen LogP contribution >= 0.6 is 22.7 Å². The molecule has 42 heavy (non-hydrogen) atoms. The fraction of sp³-hybridized carbons (Fsp3) is 0.455. The Balaban J connectivity index is 1.38. The molecule has 222 valence electrons. The van der Waals surface area contributed by atoms with E-state index in [0.717, 1.165) is 50.1 Å². The zero-order valence-electron chi connectivity index (χ0n) is 25.2. The second-order valence-electron chi connectivity index (χ2n) is 12.0. The summed E-state index contributed by atoms with van der Waals surface area (Å²) in [4.78, 5) is 41.9. The van der Waals surface area contributed by atoms with Gasteiger partial charge in [-0.2, -0.15) is 0 Å². The van der Waals surface area contributed by atoms with Crippen molar-refractivity contribution in [1.82, 2.24) is 19.8 Å². The zero-order valence-corrected chi connectivity index (χ0v) is 26.8. The summed E-state index contributed by atoms with van der Waals surface area (Å²) in [5, 5.41) is 0.925. The van der Waals surface area contributed by atoms with Crippen LogP contribution in [-0.4, -0.2) is 56.4 Å². The van der Waals surface area contributed by atoms with E-state index in [2.05, 4.69) is 48.0 Å². The molecule has 0 N–H and O–H groups in total. The number of pyridine rings is 1. The molecule has 1 amide bonds. The van der Waals surface area contributed by atoms with Gasteiger partial charge in [0.25, 0.3) is 0 Å². The van der Waals surface area contributed by atoms with Crippen LogP contribution in [0.2, 0.25) is 0 Å². The summed E-state index contributed by atoms with van der Waals surface area (Å²) < 4.78 is 6.74. The molecule has 4 heterocycles. The van der Waals surface area contributed by atoms with Crippen LogP contribution in [0, 0.1) is 0 Å². The second kappa shape index (κ2) is 13.0. The molecule has 0 saturated heterocycles. The van der Waals surface area contributed by atoms with Crippen LogP contribution in [0.3, 0.4) is 0 Å². The maximum Gasteiger partial charge on any atom is 0.410 e. The van der Waals surface area contributed by atoms with Crippen molar-refractivity contribution in [3.05, 3.63) is 69.7 Å². The number of Topliss-reactive ketones (excluding diaryl/α,β-unsaturated/α-hetero) is 1. The lowest BCUT2D eigenvalue weighted by Crippen LogP contribution is -2.39. The van der Waals surface area contributed by atoms with Crippen LogP contribution in [0.1, 0.15) is 68.3 Å². The summed E-state index contributed by atoms with van der Waals surface area (Å²) in [5.74, 6) is 0.225. The fourth-order valence-corrected chi connectivity index (χ4v) is 7.77. The van der Waals surface area contributed by atoms with Crippen LogP contribution in [0.25, 0.3) is 20.8 Å². The molecule has 4 aromatic rings. The number of benzene rings is 1. The maximum atomic E-state index is 13.5. The van der Waals surface area contributed by atoms with Gasteiger partial charge in [-0.15, -0.1) is 22.7 Å². The molecule has 9 heteroatoms. The van der Waals surface area contributed by atoms with Crippen LogP contribution in [-0.2, 0) is 35.5 Å². The van der Waals surface area contributed by atoms with Crippen molar-refractivity contribution in [3.63, 3.8) is 0 Å². The van der Waals surface area contributed by atoms with Gasteiger partial charge in [0.2, 0.25) is 0 Å². The highest BCUT2D eigenvalue weighted by atomic mass is 32.1. The summed E-state index contributed by atoms with van der Waals surface area (Å²) in [6, 6.07) is 12.8. The Morgan fingerprint density at radius 1 is 1.14 bits per heavy atom. The normalized spacial score (nSPS) is 14.3. The summed E-state index contributed by atoms with van der Waals surface area (Å²) in [7, 11) is 0. The molecule has 0 aliphatic carbocycles. The Morgan fingerprint density at radius 3 is 2.64 bits per heavy atom. The number of hydrogen-bond donors (Lipinski definition) is 0. The Kier molecular flexibility index (Phi) is 9.40. The number of carbonyl (C=O) groups is 2. The number of thiophene rings is 1. The van der Waals surface area contributed by atoms with Gasteiger partial charge in [0, 0.05) is 60.0 Å². The first-order valence-corrected chi connectivity index (χ1v) is 16.4. The Labute approximate surface area is 256 Å². The molecule has 0 bridgehead atoms. The van der Waals surface area contributed by atoms with E-state index in [0.29, 0.717) is 38.4 Å². The summed E-state index contributed by atoms with van der Waals surface area (Å²) in [6.45, 7) is 12.7. The molecular weight excluding hydrogens is 565 g/mol. The quantitative estimate of drug-likeness (QED) is 0.186. The maximum absolute atomic E-state index is 13.5. The second-order valence-corrected chi connectivity index (χ2v) is 14.2. The fourth-order valence-electron chi connectivity index (χ4n) is 5.27. The summed E-state index contributed by atoms with van der Waals surface area (Å²) in [5.41, 5.74) is 3.87. The lowest BCUT2D eigenvalue weighted by atomic mass is 10.00. The first kappa shape index (κ1) is 30.3. The average Bonchev–Trinajstić information content (AvgIpc) is 3.54. The van der Waals surface area contributed by atoms with Gasteiger partial charge in [-0.3, -0.25) is 14.7 Å². The highest BCUT2D eigenvalue weighted by molar-refractivity contribution is 7.22. The number of fused-ring (bicyclic) bond motifs is 2. The van der Waals surface area contributed by atoms with Gasteiger partial charge in [0.05, 0.1) is 17.4 Å². The molecule has 1 aliphatic rings. The lowest BCUT2D eigenvalue weighted by molar-refractivity contribution is -0.118. The first-order valence-electron chi connectivity index (χ1n) is 14.7. The van der Waals surface area contributed by atoms with E-state index in [1.165, 1.54) is 11.1 Å². The third-order valence-electron chi connectivity index (χ3n) is 7.66. The van der Waals surface area contributed by atoms with Gasteiger partial charge in [-0.1, -0.05) is 37.3 Å². The Hall–Kier alpha value is -3.14. The van der Waals surface area contributed by atoms with E-state index in [1.807, 2.05) is 32.9 Å². The van der Waals surface area contributed by atoms with E-state index >= 15 is 0 Å². The van der Waals surface area contributed by atoms with Crippen molar-refractivity contribution in [2.75, 3.05) is 13.1 Å². The van der Waals surface area contributed by atoms with Gasteiger partial charge in [0.1, 0.15) is 21.9 Å². The molecular formula is C33H40N4O3S2. The number of ketones is 1. The highest BCUT2D eigenvalue weighted by Gasteiger charge is 2.31. The van der Waals surface area contributed by atoms with Crippen molar-refractivity contribution in [3.8, 4) is 10.6 Å². The third-order valence-corrected chi connectivity index (χ3v) is 9.93. The summed E-state index contributed by atoms with van der Waals surface area (Å²) >= 11 is 3.29. The van der Waals surface area contributed by atoms with Gasteiger partial charge < -0.3 is 9.64 Å². The van der Waals surface area contributed by atoms with Crippen LogP contribution in [0.5, 0.6) is 0 Å². The van der Waals surface area contributed by atoms with E-state index in [4.69, 9.17) is 9.72 Å². The SMILES string of the molecule is CC[C@H](C)N(CCC(=O)Cc1sc2c(c1-c1nc3cnccc3s1)CCN(C(=O)OC(C)(C)C)C2)Cc1ccccc1. The largest absolute Gasteiger partial charge is 0.444 e. The van der Waals surface area contributed by atoms with Gasteiger partial charge in [0.15, 0.2) is 0 Å². The average molecular weight is 605 g/mol. The number of ether oxygens (including phenoxy) is 1. The molecule has 0 radical (unpaired) electrons. The van der Waals surface area contributed by atoms with Crippen molar-refractivity contribution < 1.29 is 14.3 Å². The van der Waals surface area contributed by atoms with Gasteiger partial charge in [-0.25, -0.2) is 9.78 Å². The molecule has 1 atom stereocenters. The molecule has 0 spiro atoms. The minimum absolute atomic E-state index is 0.225. The van der Waals surface area contributed by atoms with E-state index in [1.54, 1.807) is 40.0 Å². The van der Waals surface area contributed by atoms with Gasteiger partial charge >= 0.3 is 6.09 Å². The van der Waals surface area contributed by atoms with Crippen LogP contribution in [0.15, 0.2) is 48.8 Å². The number of aromatic nitrogens is 2. The Morgan fingerprint density at radius 2 is 1.93 bits per heavy atom. The number of amides is 1. The highest BCUT2D eigenvalue weighted by Crippen LogP contribution is 2.43. The minimum atomic E-state index is -0.547. The molecule has 1 aliphatic heterocycles. The standard InChI is InChI=1S/C33H40N4O3S2/c1-6-22(2)36(20-23-10-8-7-9-11-23)16-13-24(38)18-28-30(31-35-26-19-34-15-12-27(26)42-31)25-14-17-37(21-29(25)41-28)32(39)40-33(3,4)5/h7-12,15,19,22H,6,13-14,16-18,20-21H2,1-5H3/t22-/m0/s1. The van der Waals surface area contributed by atoms with Crippen LogP contribution < -0.4 is 0 Å². The smallest absolute Gasteiger partial charge is 0.410 e. The molecule has 0 fully saturated rings. The zero-order chi connectivity index (χ0) is 29.9. The predicted octanol–water partition coefficient (Wildman–Crippen LogP) is 7.52. The van der Waals surface area contributed by atoms with Crippen molar-refractivity contribution in [1.29, 1.82) is 0 Å². The minimum Gasteiger partial charge on any atom is -0.444 e. The number of rotatable bonds is 10. The van der Waals surface area contributed by atoms with Crippen molar-refractivity contribution in [2.45, 2.75) is 85.0 Å². The summed E-state index contributed by atoms with van der Waals surface area (Å²) in [6.07, 6.45) is 5.88. The Bertz CT molecular complexity index is 1510. The van der Waals surface area contributed by atoms with Gasteiger partial charge in [-0.05, 0) is 57.7 Å². The molecule has 5 rings (SSSR count).